The summed E-state index contributed by atoms with van der Waals surface area (Å²) in [5.74, 6) is -3.02. The molecule has 0 bridgehead atoms. The van der Waals surface area contributed by atoms with Crippen LogP contribution in [0, 0.1) is 0 Å². The van der Waals surface area contributed by atoms with Crippen molar-refractivity contribution < 1.29 is 37.4 Å². The number of ether oxygens (including phenoxy) is 1. The Bertz CT molecular complexity index is 1160. The standard InChI is InChI=1S/C21H20N4O3.C2HF3O2/c1-28-21(27)25(17-5-4-12-23-13-17)14-15-8-10-16(11-9-15)20(26)24-19-7-3-2-6-18(19)22;3-2(4,5)1(6)7/h2-13H,14,22H2,1H3,(H,24,26);(H,6,7). The maximum absolute atomic E-state index is 12.4. The number of benzene rings is 2. The van der Waals surface area contributed by atoms with Crippen LogP contribution in [0.5, 0.6) is 0 Å². The van der Waals surface area contributed by atoms with E-state index in [-0.39, 0.29) is 12.5 Å². The summed E-state index contributed by atoms with van der Waals surface area (Å²) in [6, 6.07) is 17.5. The molecule has 3 aromatic rings. The van der Waals surface area contributed by atoms with E-state index < -0.39 is 18.2 Å². The monoisotopic (exact) mass is 490 g/mol. The van der Waals surface area contributed by atoms with Gasteiger partial charge in [-0.2, -0.15) is 13.2 Å². The fraction of sp³-hybridized carbons (Fsp3) is 0.130. The topological polar surface area (TPSA) is 135 Å². The van der Waals surface area contributed by atoms with Crippen LogP contribution in [0.2, 0.25) is 0 Å². The number of anilines is 3. The highest BCUT2D eigenvalue weighted by Crippen LogP contribution is 2.20. The molecule has 0 aliphatic rings. The number of aliphatic carboxylic acids is 1. The van der Waals surface area contributed by atoms with Crippen LogP contribution < -0.4 is 16.0 Å². The highest BCUT2D eigenvalue weighted by Gasteiger charge is 2.38. The second-order valence-corrected chi connectivity index (χ2v) is 6.81. The quantitative estimate of drug-likeness (QED) is 0.453. The molecular formula is C23H21F3N4O5. The van der Waals surface area contributed by atoms with Gasteiger partial charge in [0.15, 0.2) is 0 Å². The Morgan fingerprint density at radius 2 is 1.69 bits per heavy atom. The molecule has 9 nitrogen and oxygen atoms in total. The molecule has 0 unspecified atom stereocenters. The van der Waals surface area contributed by atoms with Gasteiger partial charge in [0, 0.05) is 11.8 Å². The molecule has 2 amide bonds. The van der Waals surface area contributed by atoms with Crippen LogP contribution in [0.25, 0.3) is 0 Å². The van der Waals surface area contributed by atoms with Gasteiger partial charge in [0.2, 0.25) is 0 Å². The van der Waals surface area contributed by atoms with Gasteiger partial charge in [-0.15, -0.1) is 0 Å². The third kappa shape index (κ3) is 8.03. The summed E-state index contributed by atoms with van der Waals surface area (Å²) in [4.78, 5) is 38.9. The van der Waals surface area contributed by atoms with Gasteiger partial charge < -0.3 is 20.9 Å². The van der Waals surface area contributed by atoms with E-state index in [2.05, 4.69) is 10.3 Å². The van der Waals surface area contributed by atoms with Crippen molar-refractivity contribution in [1.82, 2.24) is 4.98 Å². The lowest BCUT2D eigenvalue weighted by atomic mass is 10.1. The number of methoxy groups -OCH3 is 1. The van der Waals surface area contributed by atoms with Crippen molar-refractivity contribution in [3.05, 3.63) is 84.2 Å². The van der Waals surface area contributed by atoms with Crippen molar-refractivity contribution >= 4 is 35.0 Å². The molecule has 0 aliphatic carbocycles. The number of nitrogens with two attached hydrogens (primary N) is 1. The van der Waals surface area contributed by atoms with Gasteiger partial charge in [0.25, 0.3) is 5.91 Å². The third-order valence-electron chi connectivity index (χ3n) is 4.36. The van der Waals surface area contributed by atoms with E-state index in [4.69, 9.17) is 20.4 Å². The zero-order chi connectivity index (χ0) is 26.0. The third-order valence-corrected chi connectivity index (χ3v) is 4.36. The van der Waals surface area contributed by atoms with Crippen LogP contribution in [0.1, 0.15) is 15.9 Å². The van der Waals surface area contributed by atoms with E-state index in [1.807, 2.05) is 0 Å². The molecule has 0 fully saturated rings. The number of carboxylic acids is 1. The summed E-state index contributed by atoms with van der Waals surface area (Å²) in [5.41, 5.74) is 8.85. The van der Waals surface area contributed by atoms with Crippen LogP contribution in [0.3, 0.4) is 0 Å². The minimum atomic E-state index is -5.08. The summed E-state index contributed by atoms with van der Waals surface area (Å²) < 4.78 is 36.6. The van der Waals surface area contributed by atoms with Gasteiger partial charge in [-0.25, -0.2) is 9.59 Å². The number of hydrogen-bond acceptors (Lipinski definition) is 6. The highest BCUT2D eigenvalue weighted by atomic mass is 19.4. The molecule has 184 valence electrons. The number of carbonyl (C=O) groups is 3. The number of carboxylic acid groups (broad SMARTS) is 1. The number of nitrogens with one attached hydrogen (secondary N) is 1. The molecule has 0 spiro atoms. The smallest absolute Gasteiger partial charge is 0.475 e. The minimum absolute atomic E-state index is 0.262. The van der Waals surface area contributed by atoms with Crippen molar-refractivity contribution in [2.24, 2.45) is 0 Å². The fourth-order valence-corrected chi connectivity index (χ4v) is 2.63. The number of alkyl halides is 3. The molecule has 0 radical (unpaired) electrons. The van der Waals surface area contributed by atoms with Crippen molar-refractivity contribution in [3.63, 3.8) is 0 Å². The Morgan fingerprint density at radius 3 is 2.20 bits per heavy atom. The molecule has 0 saturated carbocycles. The van der Waals surface area contributed by atoms with Gasteiger partial charge in [-0.05, 0) is 42.0 Å². The maximum atomic E-state index is 12.4. The molecule has 1 heterocycles. The van der Waals surface area contributed by atoms with Gasteiger partial charge in [-0.1, -0.05) is 24.3 Å². The molecule has 3 rings (SSSR count). The largest absolute Gasteiger partial charge is 0.490 e. The number of para-hydroxylation sites is 2. The van der Waals surface area contributed by atoms with Crippen LogP contribution in [0.4, 0.5) is 35.0 Å². The lowest BCUT2D eigenvalue weighted by molar-refractivity contribution is -0.192. The first kappa shape index (κ1) is 26.6. The molecule has 1 aromatic heterocycles. The number of hydrogen-bond donors (Lipinski definition) is 3. The number of nitrogens with zero attached hydrogens (tertiary/aromatic N) is 2. The lowest BCUT2D eigenvalue weighted by Gasteiger charge is -2.21. The Balaban J connectivity index is 0.000000540. The number of pyridine rings is 1. The first-order valence-corrected chi connectivity index (χ1v) is 9.83. The van der Waals surface area contributed by atoms with Gasteiger partial charge in [0.05, 0.1) is 36.9 Å². The summed E-state index contributed by atoms with van der Waals surface area (Å²) >= 11 is 0. The fourth-order valence-electron chi connectivity index (χ4n) is 2.63. The molecule has 12 heteroatoms. The molecule has 0 atom stereocenters. The predicted octanol–water partition coefficient (Wildman–Crippen LogP) is 4.32. The Morgan fingerprint density at radius 1 is 1.06 bits per heavy atom. The maximum Gasteiger partial charge on any atom is 0.490 e. The Labute approximate surface area is 197 Å². The lowest BCUT2D eigenvalue weighted by Crippen LogP contribution is -2.30. The number of amides is 2. The van der Waals surface area contributed by atoms with Gasteiger partial charge in [-0.3, -0.25) is 14.7 Å². The molecule has 2 aromatic carbocycles. The van der Waals surface area contributed by atoms with Gasteiger partial charge in [0.1, 0.15) is 0 Å². The van der Waals surface area contributed by atoms with E-state index in [0.29, 0.717) is 22.6 Å². The Hall–Kier alpha value is -4.61. The van der Waals surface area contributed by atoms with Crippen molar-refractivity contribution in [3.8, 4) is 0 Å². The van der Waals surface area contributed by atoms with Crippen LogP contribution >= 0.6 is 0 Å². The molecule has 35 heavy (non-hydrogen) atoms. The number of halogens is 3. The second kappa shape index (κ2) is 12.0. The average molecular weight is 490 g/mol. The normalized spacial score (nSPS) is 10.4. The van der Waals surface area contributed by atoms with Crippen LogP contribution in [-0.4, -0.2) is 41.3 Å². The van der Waals surface area contributed by atoms with Crippen molar-refractivity contribution in [2.45, 2.75) is 12.7 Å². The molecular weight excluding hydrogens is 469 g/mol. The highest BCUT2D eigenvalue weighted by molar-refractivity contribution is 6.05. The zero-order valence-corrected chi connectivity index (χ0v) is 18.3. The number of nitrogen functional groups attached to an aromatic ring is 1. The van der Waals surface area contributed by atoms with Crippen molar-refractivity contribution in [1.29, 1.82) is 0 Å². The molecule has 4 N–H and O–H groups in total. The van der Waals surface area contributed by atoms with Crippen molar-refractivity contribution in [2.75, 3.05) is 23.1 Å². The van der Waals surface area contributed by atoms with E-state index in [1.54, 1.807) is 73.1 Å². The van der Waals surface area contributed by atoms with Gasteiger partial charge >= 0.3 is 18.2 Å². The number of carbonyl (C=O) groups excluding carboxylic acids is 2. The number of aromatic nitrogens is 1. The first-order valence-electron chi connectivity index (χ1n) is 9.83. The van der Waals surface area contributed by atoms with E-state index >= 15 is 0 Å². The van der Waals surface area contributed by atoms with Crippen LogP contribution in [-0.2, 0) is 16.1 Å². The predicted molar refractivity (Wildman–Crippen MR) is 122 cm³/mol. The number of rotatable bonds is 5. The second-order valence-electron chi connectivity index (χ2n) is 6.81. The summed E-state index contributed by atoms with van der Waals surface area (Å²) in [6.45, 7) is 0.284. The molecule has 0 aliphatic heterocycles. The summed E-state index contributed by atoms with van der Waals surface area (Å²) in [5, 5.41) is 9.91. The van der Waals surface area contributed by atoms with E-state index in [9.17, 15) is 22.8 Å². The van der Waals surface area contributed by atoms with Crippen LogP contribution in [0.15, 0.2) is 73.1 Å². The summed E-state index contributed by atoms with van der Waals surface area (Å²) in [7, 11) is 1.33. The SMILES string of the molecule is COC(=O)N(Cc1ccc(C(=O)Nc2ccccc2N)cc1)c1cccnc1.O=C(O)C(F)(F)F. The Kier molecular flexibility index (Phi) is 9.15. The molecule has 0 saturated heterocycles. The van der Waals surface area contributed by atoms with E-state index in [1.165, 1.54) is 12.0 Å². The van der Waals surface area contributed by atoms with E-state index in [0.717, 1.165) is 5.56 Å². The first-order chi connectivity index (χ1) is 16.5. The average Bonchev–Trinajstić information content (AvgIpc) is 2.84. The zero-order valence-electron chi connectivity index (χ0n) is 18.3. The summed E-state index contributed by atoms with van der Waals surface area (Å²) in [6.07, 6.45) is -2.36. The minimum Gasteiger partial charge on any atom is -0.475 e.